The highest BCUT2D eigenvalue weighted by Crippen LogP contribution is 2.42. The number of hydrogen-bond acceptors (Lipinski definition) is 3. The van der Waals surface area contributed by atoms with Gasteiger partial charge < -0.3 is 9.13 Å². The predicted octanol–water partition coefficient (Wildman–Crippen LogP) is 10.8. The van der Waals surface area contributed by atoms with Crippen molar-refractivity contribution >= 4 is 43.6 Å². The topological polar surface area (TPSA) is 81.2 Å². The molecule has 0 N–H and O–H groups in total. The Hall–Kier alpha value is -7.39. The van der Waals surface area contributed by atoms with Crippen LogP contribution in [0.1, 0.15) is 16.7 Å². The number of nitriles is 3. The van der Waals surface area contributed by atoms with E-state index in [0.717, 1.165) is 77.2 Å². The third-order valence-electron chi connectivity index (χ3n) is 9.62. The summed E-state index contributed by atoms with van der Waals surface area (Å²) in [6, 6.07) is 57.8. The number of hydrogen-bond donors (Lipinski definition) is 0. The molecule has 0 aliphatic heterocycles. The Morgan fingerprint density at radius 1 is 0.400 bits per heavy atom. The van der Waals surface area contributed by atoms with Crippen LogP contribution >= 0.6 is 0 Å². The molecular weight excluding hydrogens is 611 g/mol. The standard InChI is InChI=1S/C45H25N5/c46-26-29-17-22-44-39(24-29)36-11-3-5-13-40(36)49(44)33-20-18-31(19-21-33)38-25-30(27-47)23-32(28-48)45(38)37-12-4-8-16-43(37)50-41-14-6-1-9-34(41)35-10-2-7-15-42(35)50/h1-25H. The fraction of sp³-hybridized carbons (Fsp3) is 0. The minimum absolute atomic E-state index is 0.425. The van der Waals surface area contributed by atoms with Crippen LogP contribution in [-0.4, -0.2) is 9.13 Å². The molecule has 0 amide bonds. The number of para-hydroxylation sites is 4. The fourth-order valence-corrected chi connectivity index (χ4v) is 7.49. The number of aromatic nitrogens is 2. The van der Waals surface area contributed by atoms with Gasteiger partial charge in [0.05, 0.1) is 62.7 Å². The number of rotatable bonds is 4. The van der Waals surface area contributed by atoms with Gasteiger partial charge in [-0.25, -0.2) is 0 Å². The Morgan fingerprint density at radius 3 is 1.60 bits per heavy atom. The van der Waals surface area contributed by atoms with Crippen molar-refractivity contribution in [1.82, 2.24) is 9.13 Å². The molecule has 0 saturated heterocycles. The third kappa shape index (κ3) is 4.31. The van der Waals surface area contributed by atoms with Crippen LogP contribution in [0.5, 0.6) is 0 Å². The zero-order chi connectivity index (χ0) is 33.8. The van der Waals surface area contributed by atoms with E-state index in [9.17, 15) is 15.8 Å². The van der Waals surface area contributed by atoms with E-state index in [2.05, 4.69) is 124 Å². The van der Waals surface area contributed by atoms with E-state index >= 15 is 0 Å². The van der Waals surface area contributed by atoms with Gasteiger partial charge in [0.15, 0.2) is 0 Å². The molecule has 5 nitrogen and oxygen atoms in total. The lowest BCUT2D eigenvalue weighted by Gasteiger charge is -2.19. The van der Waals surface area contributed by atoms with Crippen molar-refractivity contribution in [3.63, 3.8) is 0 Å². The van der Waals surface area contributed by atoms with Crippen molar-refractivity contribution in [3.05, 3.63) is 168 Å². The first kappa shape index (κ1) is 28.8. The van der Waals surface area contributed by atoms with Crippen LogP contribution in [-0.2, 0) is 0 Å². The molecule has 0 fully saturated rings. The lowest BCUT2D eigenvalue weighted by molar-refractivity contribution is 1.18. The summed E-state index contributed by atoms with van der Waals surface area (Å²) >= 11 is 0. The van der Waals surface area contributed by atoms with Gasteiger partial charge in [0.2, 0.25) is 0 Å². The zero-order valence-corrected chi connectivity index (χ0v) is 26.7. The van der Waals surface area contributed by atoms with Crippen LogP contribution in [0.15, 0.2) is 152 Å². The van der Waals surface area contributed by atoms with E-state index in [1.54, 1.807) is 6.07 Å². The molecule has 0 unspecified atom stereocenters. The average molecular weight is 636 g/mol. The van der Waals surface area contributed by atoms with Crippen molar-refractivity contribution in [2.45, 2.75) is 0 Å². The monoisotopic (exact) mass is 635 g/mol. The molecule has 0 atom stereocenters. The Bertz CT molecular complexity index is 2900. The molecule has 5 heteroatoms. The SMILES string of the molecule is N#Cc1cc(C#N)c(-c2ccccc2-n2c3ccccc3c3ccccc32)c(-c2ccc(-n3c4ccccc4c4cc(C#N)ccc43)cc2)c1. The first-order chi connectivity index (χ1) is 24.7. The van der Waals surface area contributed by atoms with E-state index in [1.807, 2.05) is 48.5 Å². The quantitative estimate of drug-likeness (QED) is 0.193. The Balaban J connectivity index is 1.27. The second kappa shape index (κ2) is 11.4. The van der Waals surface area contributed by atoms with Gasteiger partial charge >= 0.3 is 0 Å². The highest BCUT2D eigenvalue weighted by atomic mass is 15.0. The molecule has 9 aromatic rings. The summed E-state index contributed by atoms with van der Waals surface area (Å²) < 4.78 is 4.48. The second-order valence-electron chi connectivity index (χ2n) is 12.3. The number of fused-ring (bicyclic) bond motifs is 6. The summed E-state index contributed by atoms with van der Waals surface area (Å²) in [4.78, 5) is 0. The Morgan fingerprint density at radius 2 is 0.960 bits per heavy atom. The molecule has 50 heavy (non-hydrogen) atoms. The molecule has 2 aromatic heterocycles. The molecule has 0 spiro atoms. The van der Waals surface area contributed by atoms with Crippen LogP contribution in [0.4, 0.5) is 0 Å². The molecule has 2 heterocycles. The summed E-state index contributed by atoms with van der Waals surface area (Å²) in [6.45, 7) is 0. The molecule has 7 aromatic carbocycles. The van der Waals surface area contributed by atoms with Crippen LogP contribution in [0, 0.1) is 34.0 Å². The number of benzene rings is 7. The van der Waals surface area contributed by atoms with Crippen molar-refractivity contribution < 1.29 is 0 Å². The summed E-state index contributed by atoms with van der Waals surface area (Å²) in [6.07, 6.45) is 0. The Labute approximate surface area is 287 Å². The van der Waals surface area contributed by atoms with E-state index in [-0.39, 0.29) is 0 Å². The largest absolute Gasteiger partial charge is 0.309 e. The third-order valence-corrected chi connectivity index (χ3v) is 9.62. The van der Waals surface area contributed by atoms with Gasteiger partial charge in [-0.05, 0) is 77.9 Å². The predicted molar refractivity (Wildman–Crippen MR) is 200 cm³/mol. The minimum Gasteiger partial charge on any atom is -0.309 e. The maximum absolute atomic E-state index is 10.6. The van der Waals surface area contributed by atoms with Gasteiger partial charge in [0.1, 0.15) is 0 Å². The first-order valence-electron chi connectivity index (χ1n) is 16.3. The van der Waals surface area contributed by atoms with Crippen molar-refractivity contribution in [2.75, 3.05) is 0 Å². The summed E-state index contributed by atoms with van der Waals surface area (Å²) in [5.74, 6) is 0. The lowest BCUT2D eigenvalue weighted by Crippen LogP contribution is -2.00. The van der Waals surface area contributed by atoms with Crippen molar-refractivity contribution in [2.24, 2.45) is 0 Å². The van der Waals surface area contributed by atoms with Crippen LogP contribution in [0.25, 0.3) is 77.2 Å². The highest BCUT2D eigenvalue weighted by molar-refractivity contribution is 6.11. The van der Waals surface area contributed by atoms with E-state index in [1.165, 1.54) is 0 Å². The second-order valence-corrected chi connectivity index (χ2v) is 12.3. The summed E-state index contributed by atoms with van der Waals surface area (Å²) in [5.41, 5.74) is 11.0. The van der Waals surface area contributed by atoms with E-state index in [4.69, 9.17) is 0 Å². The van der Waals surface area contributed by atoms with Gasteiger partial charge in [0, 0.05) is 38.4 Å². The fourth-order valence-electron chi connectivity index (χ4n) is 7.49. The van der Waals surface area contributed by atoms with Crippen molar-refractivity contribution in [1.29, 1.82) is 15.8 Å². The zero-order valence-electron chi connectivity index (χ0n) is 26.7. The first-order valence-corrected chi connectivity index (χ1v) is 16.3. The Kier molecular flexibility index (Phi) is 6.56. The van der Waals surface area contributed by atoms with Gasteiger partial charge in [-0.15, -0.1) is 0 Å². The van der Waals surface area contributed by atoms with Crippen LogP contribution < -0.4 is 0 Å². The maximum atomic E-state index is 10.6. The lowest BCUT2D eigenvalue weighted by atomic mass is 9.88. The molecule has 0 bridgehead atoms. The van der Waals surface area contributed by atoms with Gasteiger partial charge in [0.25, 0.3) is 0 Å². The normalized spacial score (nSPS) is 11.1. The van der Waals surface area contributed by atoms with Gasteiger partial charge in [-0.1, -0.05) is 84.9 Å². The van der Waals surface area contributed by atoms with Gasteiger partial charge in [-0.2, -0.15) is 15.8 Å². The highest BCUT2D eigenvalue weighted by Gasteiger charge is 2.21. The molecule has 0 saturated carbocycles. The van der Waals surface area contributed by atoms with Crippen molar-refractivity contribution in [3.8, 4) is 51.8 Å². The average Bonchev–Trinajstić information content (AvgIpc) is 3.70. The van der Waals surface area contributed by atoms with E-state index < -0.39 is 0 Å². The molecule has 230 valence electrons. The minimum atomic E-state index is 0.425. The smallest absolute Gasteiger partial charge is 0.0998 e. The van der Waals surface area contributed by atoms with Crippen LogP contribution in [0.2, 0.25) is 0 Å². The van der Waals surface area contributed by atoms with Gasteiger partial charge in [-0.3, -0.25) is 0 Å². The molecule has 0 aliphatic rings. The summed E-state index contributed by atoms with van der Waals surface area (Å²) in [7, 11) is 0. The molecule has 0 aliphatic carbocycles. The van der Waals surface area contributed by atoms with Crippen LogP contribution in [0.3, 0.4) is 0 Å². The summed E-state index contributed by atoms with van der Waals surface area (Å²) in [5, 5.41) is 34.6. The van der Waals surface area contributed by atoms with E-state index in [0.29, 0.717) is 16.7 Å². The maximum Gasteiger partial charge on any atom is 0.0998 e. The molecule has 0 radical (unpaired) electrons. The number of nitrogens with zero attached hydrogens (tertiary/aromatic N) is 5. The molecule has 9 rings (SSSR count). The molecular formula is C45H25N5.